The Hall–Kier alpha value is -2.02. The molecule has 0 radical (unpaired) electrons. The van der Waals surface area contributed by atoms with Gasteiger partial charge in [-0.2, -0.15) is 5.26 Å². The third-order valence-electron chi connectivity index (χ3n) is 2.22. The van der Waals surface area contributed by atoms with E-state index in [1.54, 1.807) is 20.2 Å². The highest BCUT2D eigenvalue weighted by molar-refractivity contribution is 5.80. The van der Waals surface area contributed by atoms with E-state index < -0.39 is 0 Å². The highest BCUT2D eigenvalue weighted by Crippen LogP contribution is 2.15. The Labute approximate surface area is 95.5 Å². The number of carbonyl (C=O) groups is 1. The van der Waals surface area contributed by atoms with Gasteiger partial charge in [-0.1, -0.05) is 6.07 Å². The molecule has 0 aliphatic rings. The van der Waals surface area contributed by atoms with Crippen LogP contribution in [0.2, 0.25) is 0 Å². The van der Waals surface area contributed by atoms with Crippen LogP contribution in [0.3, 0.4) is 0 Å². The molecule has 0 saturated heterocycles. The molecule has 16 heavy (non-hydrogen) atoms. The maximum Gasteiger partial charge on any atom is 0.241 e. The first kappa shape index (κ1) is 12.1. The van der Waals surface area contributed by atoms with Crippen molar-refractivity contribution in [3.63, 3.8) is 0 Å². The number of aryl methyl sites for hydroxylation is 1. The van der Waals surface area contributed by atoms with E-state index >= 15 is 0 Å². The Morgan fingerprint density at radius 1 is 1.50 bits per heavy atom. The summed E-state index contributed by atoms with van der Waals surface area (Å²) < 4.78 is 0. The van der Waals surface area contributed by atoms with Crippen LogP contribution in [0.5, 0.6) is 0 Å². The van der Waals surface area contributed by atoms with Gasteiger partial charge < -0.3 is 10.2 Å². The molecule has 1 rings (SSSR count). The Kier molecular flexibility index (Phi) is 3.90. The molecule has 0 heterocycles. The van der Waals surface area contributed by atoms with Crippen LogP contribution in [0.1, 0.15) is 11.1 Å². The summed E-state index contributed by atoms with van der Waals surface area (Å²) in [6.45, 7) is 2.13. The molecule has 0 fully saturated rings. The zero-order valence-corrected chi connectivity index (χ0v) is 9.74. The number of anilines is 1. The van der Waals surface area contributed by atoms with Crippen LogP contribution in [0.15, 0.2) is 18.2 Å². The number of benzene rings is 1. The molecule has 0 aliphatic heterocycles. The molecule has 0 unspecified atom stereocenters. The minimum Gasteiger partial charge on any atom is -0.375 e. The Morgan fingerprint density at radius 3 is 2.75 bits per heavy atom. The summed E-state index contributed by atoms with van der Waals surface area (Å²) in [7, 11) is 3.40. The van der Waals surface area contributed by atoms with Gasteiger partial charge in [-0.3, -0.25) is 4.79 Å². The van der Waals surface area contributed by atoms with Crippen LogP contribution in [0, 0.1) is 18.3 Å². The summed E-state index contributed by atoms with van der Waals surface area (Å²) in [5.41, 5.74) is 2.29. The first-order valence-corrected chi connectivity index (χ1v) is 4.99. The van der Waals surface area contributed by atoms with E-state index in [0.29, 0.717) is 11.3 Å². The van der Waals surface area contributed by atoms with E-state index in [4.69, 9.17) is 5.26 Å². The van der Waals surface area contributed by atoms with Gasteiger partial charge in [-0.05, 0) is 24.6 Å². The topological polar surface area (TPSA) is 56.1 Å². The fourth-order valence-electron chi connectivity index (χ4n) is 1.23. The second-order valence-electron chi connectivity index (χ2n) is 3.80. The molecule has 1 aromatic rings. The lowest BCUT2D eigenvalue weighted by Gasteiger charge is -2.12. The van der Waals surface area contributed by atoms with Crippen LogP contribution in [-0.2, 0) is 4.79 Å². The fourth-order valence-corrected chi connectivity index (χ4v) is 1.23. The van der Waals surface area contributed by atoms with Gasteiger partial charge in [0.05, 0.1) is 17.8 Å². The molecule has 0 saturated carbocycles. The molecule has 0 spiro atoms. The molecular formula is C12H15N3O. The fraction of sp³-hybridized carbons (Fsp3) is 0.333. The lowest BCUT2D eigenvalue weighted by atomic mass is 10.1. The second-order valence-corrected chi connectivity index (χ2v) is 3.80. The zero-order valence-electron chi connectivity index (χ0n) is 9.74. The minimum absolute atomic E-state index is 0.0236. The van der Waals surface area contributed by atoms with E-state index in [0.717, 1.165) is 5.56 Å². The monoisotopic (exact) mass is 217 g/mol. The third-order valence-corrected chi connectivity index (χ3v) is 2.22. The van der Waals surface area contributed by atoms with E-state index in [1.807, 2.05) is 19.1 Å². The molecule has 1 amide bonds. The van der Waals surface area contributed by atoms with Crippen molar-refractivity contribution < 1.29 is 4.79 Å². The zero-order chi connectivity index (χ0) is 12.1. The standard InChI is InChI=1S/C12H15N3O/c1-9-4-5-11(10(6-9)7-13)14-8-12(16)15(2)3/h4-6,14H,8H2,1-3H3. The number of nitriles is 1. The number of likely N-dealkylation sites (N-methyl/N-ethyl adjacent to an activating group) is 1. The van der Waals surface area contributed by atoms with E-state index in [-0.39, 0.29) is 12.5 Å². The molecule has 0 aliphatic carbocycles. The van der Waals surface area contributed by atoms with Crippen molar-refractivity contribution in [3.8, 4) is 6.07 Å². The molecule has 0 aromatic heterocycles. The molecule has 1 aromatic carbocycles. The Balaban J connectivity index is 2.75. The number of hydrogen-bond donors (Lipinski definition) is 1. The first-order chi connectivity index (χ1) is 7.54. The number of nitrogens with zero attached hydrogens (tertiary/aromatic N) is 2. The van der Waals surface area contributed by atoms with Crippen molar-refractivity contribution in [2.45, 2.75) is 6.92 Å². The van der Waals surface area contributed by atoms with Crippen molar-refractivity contribution >= 4 is 11.6 Å². The van der Waals surface area contributed by atoms with Crippen molar-refractivity contribution in [1.82, 2.24) is 4.90 Å². The Bertz CT molecular complexity index is 432. The summed E-state index contributed by atoms with van der Waals surface area (Å²) in [5, 5.41) is 11.9. The highest BCUT2D eigenvalue weighted by Gasteiger charge is 2.06. The van der Waals surface area contributed by atoms with Crippen molar-refractivity contribution in [2.75, 3.05) is 26.0 Å². The minimum atomic E-state index is -0.0236. The number of nitrogens with one attached hydrogen (secondary N) is 1. The van der Waals surface area contributed by atoms with Gasteiger partial charge >= 0.3 is 0 Å². The number of hydrogen-bond acceptors (Lipinski definition) is 3. The molecule has 1 N–H and O–H groups in total. The molecule has 84 valence electrons. The highest BCUT2D eigenvalue weighted by atomic mass is 16.2. The third kappa shape index (κ3) is 2.99. The molecule has 4 nitrogen and oxygen atoms in total. The molecular weight excluding hydrogens is 202 g/mol. The molecule has 4 heteroatoms. The molecule has 0 bridgehead atoms. The maximum atomic E-state index is 11.4. The number of amides is 1. The largest absolute Gasteiger partial charge is 0.375 e. The van der Waals surface area contributed by atoms with Crippen molar-refractivity contribution in [1.29, 1.82) is 5.26 Å². The summed E-state index contributed by atoms with van der Waals surface area (Å²) >= 11 is 0. The van der Waals surface area contributed by atoms with Crippen LogP contribution in [0.25, 0.3) is 0 Å². The lowest BCUT2D eigenvalue weighted by molar-refractivity contribution is -0.126. The van der Waals surface area contributed by atoms with Gasteiger partial charge in [0.25, 0.3) is 0 Å². The van der Waals surface area contributed by atoms with Crippen molar-refractivity contribution in [2.24, 2.45) is 0 Å². The van der Waals surface area contributed by atoms with Gasteiger partial charge in [0.15, 0.2) is 0 Å². The van der Waals surface area contributed by atoms with Gasteiger partial charge in [0, 0.05) is 14.1 Å². The van der Waals surface area contributed by atoms with Crippen LogP contribution >= 0.6 is 0 Å². The van der Waals surface area contributed by atoms with Crippen LogP contribution in [-0.4, -0.2) is 31.4 Å². The smallest absolute Gasteiger partial charge is 0.241 e. The summed E-state index contributed by atoms with van der Waals surface area (Å²) in [6.07, 6.45) is 0. The maximum absolute atomic E-state index is 11.4. The lowest BCUT2D eigenvalue weighted by Crippen LogP contribution is -2.28. The van der Waals surface area contributed by atoms with E-state index in [9.17, 15) is 4.79 Å². The first-order valence-electron chi connectivity index (χ1n) is 4.99. The Morgan fingerprint density at radius 2 is 2.19 bits per heavy atom. The quantitative estimate of drug-likeness (QED) is 0.831. The number of rotatable bonds is 3. The molecule has 0 atom stereocenters. The summed E-state index contributed by atoms with van der Waals surface area (Å²) in [5.74, 6) is -0.0236. The van der Waals surface area contributed by atoms with Gasteiger partial charge in [0.2, 0.25) is 5.91 Å². The van der Waals surface area contributed by atoms with Crippen molar-refractivity contribution in [3.05, 3.63) is 29.3 Å². The normalized spacial score (nSPS) is 9.38. The predicted molar refractivity (Wildman–Crippen MR) is 63.1 cm³/mol. The van der Waals surface area contributed by atoms with Gasteiger partial charge in [0.1, 0.15) is 6.07 Å². The van der Waals surface area contributed by atoms with Gasteiger partial charge in [-0.25, -0.2) is 0 Å². The van der Waals surface area contributed by atoms with Crippen LogP contribution < -0.4 is 5.32 Å². The second kappa shape index (κ2) is 5.17. The predicted octanol–water partition coefficient (Wildman–Crippen LogP) is 1.37. The van der Waals surface area contributed by atoms with E-state index in [1.165, 1.54) is 4.90 Å². The summed E-state index contributed by atoms with van der Waals surface area (Å²) in [6, 6.07) is 7.62. The number of carbonyl (C=O) groups excluding carboxylic acids is 1. The van der Waals surface area contributed by atoms with E-state index in [2.05, 4.69) is 11.4 Å². The SMILES string of the molecule is Cc1ccc(NCC(=O)N(C)C)c(C#N)c1. The summed E-state index contributed by atoms with van der Waals surface area (Å²) in [4.78, 5) is 12.9. The van der Waals surface area contributed by atoms with Crippen LogP contribution in [0.4, 0.5) is 5.69 Å². The van der Waals surface area contributed by atoms with Gasteiger partial charge in [-0.15, -0.1) is 0 Å². The average Bonchev–Trinajstić information content (AvgIpc) is 2.26. The average molecular weight is 217 g/mol.